The van der Waals surface area contributed by atoms with Crippen LogP contribution < -0.4 is 10.1 Å². The van der Waals surface area contributed by atoms with Crippen molar-refractivity contribution in [3.05, 3.63) is 63.7 Å². The summed E-state index contributed by atoms with van der Waals surface area (Å²) < 4.78 is 5.75. The molecule has 0 aliphatic carbocycles. The van der Waals surface area contributed by atoms with Crippen LogP contribution in [-0.2, 0) is 13.0 Å². The second-order valence-corrected chi connectivity index (χ2v) is 4.61. The van der Waals surface area contributed by atoms with Gasteiger partial charge in [-0.2, -0.15) is 0 Å². The van der Waals surface area contributed by atoms with Crippen LogP contribution in [0.5, 0.6) is 5.75 Å². The van der Waals surface area contributed by atoms with Crippen LogP contribution >= 0.6 is 0 Å². The SMILES string of the molecule is CCc1cccc(OCc2cccc([N+](=O)[O-])c2NC)c1. The normalized spacial score (nSPS) is 10.2. The van der Waals surface area contributed by atoms with Crippen LogP contribution in [0.3, 0.4) is 0 Å². The van der Waals surface area contributed by atoms with Gasteiger partial charge in [0.1, 0.15) is 18.0 Å². The molecule has 110 valence electrons. The van der Waals surface area contributed by atoms with E-state index in [2.05, 4.69) is 12.2 Å². The van der Waals surface area contributed by atoms with Gasteiger partial charge in [-0.25, -0.2) is 0 Å². The largest absolute Gasteiger partial charge is 0.489 e. The van der Waals surface area contributed by atoms with Crippen LogP contribution in [0.15, 0.2) is 42.5 Å². The third-order valence-corrected chi connectivity index (χ3v) is 3.28. The maximum atomic E-state index is 11.0. The van der Waals surface area contributed by atoms with Crippen molar-refractivity contribution in [3.63, 3.8) is 0 Å². The molecule has 5 nitrogen and oxygen atoms in total. The molecule has 0 heterocycles. The third-order valence-electron chi connectivity index (χ3n) is 3.28. The minimum Gasteiger partial charge on any atom is -0.489 e. The van der Waals surface area contributed by atoms with E-state index in [0.29, 0.717) is 5.69 Å². The Balaban J connectivity index is 2.19. The van der Waals surface area contributed by atoms with Gasteiger partial charge in [-0.3, -0.25) is 10.1 Å². The zero-order chi connectivity index (χ0) is 15.2. The first-order valence-corrected chi connectivity index (χ1v) is 6.81. The van der Waals surface area contributed by atoms with E-state index in [-0.39, 0.29) is 12.3 Å². The Labute approximate surface area is 123 Å². The van der Waals surface area contributed by atoms with E-state index >= 15 is 0 Å². The Hall–Kier alpha value is -2.56. The van der Waals surface area contributed by atoms with Crippen LogP contribution in [0, 0.1) is 10.1 Å². The minimum absolute atomic E-state index is 0.0564. The van der Waals surface area contributed by atoms with Crippen molar-refractivity contribution in [1.82, 2.24) is 0 Å². The molecule has 21 heavy (non-hydrogen) atoms. The number of nitrogens with one attached hydrogen (secondary N) is 1. The Morgan fingerprint density at radius 1 is 1.24 bits per heavy atom. The summed E-state index contributed by atoms with van der Waals surface area (Å²) in [6, 6.07) is 12.8. The lowest BCUT2D eigenvalue weighted by molar-refractivity contribution is -0.384. The van der Waals surface area contributed by atoms with Gasteiger partial charge < -0.3 is 10.1 Å². The monoisotopic (exact) mass is 286 g/mol. The molecular weight excluding hydrogens is 268 g/mol. The topological polar surface area (TPSA) is 64.4 Å². The lowest BCUT2D eigenvalue weighted by Gasteiger charge is -2.11. The average molecular weight is 286 g/mol. The van der Waals surface area contributed by atoms with Crippen molar-refractivity contribution < 1.29 is 9.66 Å². The van der Waals surface area contributed by atoms with Gasteiger partial charge in [0.05, 0.1) is 4.92 Å². The Bertz CT molecular complexity index is 641. The zero-order valence-corrected chi connectivity index (χ0v) is 12.1. The molecule has 0 amide bonds. The minimum atomic E-state index is -0.396. The van der Waals surface area contributed by atoms with Crippen LogP contribution in [0.1, 0.15) is 18.1 Å². The van der Waals surface area contributed by atoms with E-state index in [4.69, 9.17) is 4.74 Å². The molecule has 5 heteroatoms. The smallest absolute Gasteiger partial charge is 0.292 e. The van der Waals surface area contributed by atoms with Gasteiger partial charge in [0, 0.05) is 18.7 Å². The van der Waals surface area contributed by atoms with Gasteiger partial charge in [-0.05, 0) is 24.1 Å². The number of hydrogen-bond acceptors (Lipinski definition) is 4. The molecule has 0 bridgehead atoms. The van der Waals surface area contributed by atoms with Gasteiger partial charge in [-0.1, -0.05) is 31.2 Å². The molecule has 0 atom stereocenters. The van der Waals surface area contributed by atoms with E-state index in [1.165, 1.54) is 11.6 Å². The van der Waals surface area contributed by atoms with Crippen molar-refractivity contribution in [1.29, 1.82) is 0 Å². The highest BCUT2D eigenvalue weighted by Crippen LogP contribution is 2.28. The fourth-order valence-electron chi connectivity index (χ4n) is 2.16. The van der Waals surface area contributed by atoms with Crippen molar-refractivity contribution in [2.45, 2.75) is 20.0 Å². The summed E-state index contributed by atoms with van der Waals surface area (Å²) in [5, 5.41) is 13.9. The maximum absolute atomic E-state index is 11.0. The second-order valence-electron chi connectivity index (χ2n) is 4.61. The standard InChI is InChI=1S/C16H18N2O3/c1-3-12-6-4-8-14(10-12)21-11-13-7-5-9-15(18(19)20)16(13)17-2/h4-10,17H,3,11H2,1-2H3. The van der Waals surface area contributed by atoms with Crippen molar-refractivity contribution in [2.24, 2.45) is 0 Å². The highest BCUT2D eigenvalue weighted by Gasteiger charge is 2.16. The molecule has 2 rings (SSSR count). The first-order chi connectivity index (χ1) is 10.2. The molecule has 0 unspecified atom stereocenters. The summed E-state index contributed by atoms with van der Waals surface area (Å²) in [4.78, 5) is 10.6. The highest BCUT2D eigenvalue weighted by molar-refractivity contribution is 5.65. The lowest BCUT2D eigenvalue weighted by Crippen LogP contribution is -2.04. The molecule has 0 aliphatic rings. The number of rotatable bonds is 6. The average Bonchev–Trinajstić information content (AvgIpc) is 2.52. The van der Waals surface area contributed by atoms with Crippen molar-refractivity contribution in [2.75, 3.05) is 12.4 Å². The molecule has 2 aromatic rings. The number of para-hydroxylation sites is 1. The number of nitrogens with zero attached hydrogens (tertiary/aromatic N) is 1. The summed E-state index contributed by atoms with van der Waals surface area (Å²) in [6.45, 7) is 2.36. The summed E-state index contributed by atoms with van der Waals surface area (Å²) in [5.41, 5.74) is 2.50. The maximum Gasteiger partial charge on any atom is 0.292 e. The first kappa shape index (κ1) is 14.8. The molecule has 0 aromatic heterocycles. The second kappa shape index (κ2) is 6.74. The number of ether oxygens (including phenoxy) is 1. The van der Waals surface area contributed by atoms with Gasteiger partial charge in [-0.15, -0.1) is 0 Å². The van der Waals surface area contributed by atoms with Crippen LogP contribution in [0.4, 0.5) is 11.4 Å². The molecular formula is C16H18N2O3. The van der Waals surface area contributed by atoms with E-state index in [0.717, 1.165) is 17.7 Å². The molecule has 0 radical (unpaired) electrons. The fourth-order valence-corrected chi connectivity index (χ4v) is 2.16. The van der Waals surface area contributed by atoms with Crippen molar-refractivity contribution in [3.8, 4) is 5.75 Å². The summed E-state index contributed by atoms with van der Waals surface area (Å²) in [6.07, 6.45) is 0.940. The van der Waals surface area contributed by atoms with Crippen LogP contribution in [-0.4, -0.2) is 12.0 Å². The lowest BCUT2D eigenvalue weighted by atomic mass is 10.1. The van der Waals surface area contributed by atoms with Crippen LogP contribution in [0.25, 0.3) is 0 Å². The summed E-state index contributed by atoms with van der Waals surface area (Å²) >= 11 is 0. The quantitative estimate of drug-likeness (QED) is 0.648. The summed E-state index contributed by atoms with van der Waals surface area (Å²) in [7, 11) is 1.67. The van der Waals surface area contributed by atoms with Crippen molar-refractivity contribution >= 4 is 11.4 Å². The van der Waals surface area contributed by atoms with Gasteiger partial charge in [0.15, 0.2) is 0 Å². The molecule has 0 fully saturated rings. The van der Waals surface area contributed by atoms with Gasteiger partial charge in [0.2, 0.25) is 0 Å². The molecule has 0 aliphatic heterocycles. The van der Waals surface area contributed by atoms with E-state index < -0.39 is 4.92 Å². The van der Waals surface area contributed by atoms with Crippen LogP contribution in [0.2, 0.25) is 0 Å². The zero-order valence-electron chi connectivity index (χ0n) is 12.1. The molecule has 0 spiro atoms. The number of aryl methyl sites for hydroxylation is 1. The number of nitro groups is 1. The number of nitro benzene ring substituents is 1. The Morgan fingerprint density at radius 2 is 2.00 bits per heavy atom. The molecule has 2 aromatic carbocycles. The first-order valence-electron chi connectivity index (χ1n) is 6.81. The molecule has 0 saturated heterocycles. The molecule has 1 N–H and O–H groups in total. The fraction of sp³-hybridized carbons (Fsp3) is 0.250. The Kier molecular flexibility index (Phi) is 4.77. The number of hydrogen-bond donors (Lipinski definition) is 1. The highest BCUT2D eigenvalue weighted by atomic mass is 16.6. The number of anilines is 1. The predicted molar refractivity (Wildman–Crippen MR) is 82.8 cm³/mol. The number of benzene rings is 2. The van der Waals surface area contributed by atoms with Gasteiger partial charge >= 0.3 is 0 Å². The van der Waals surface area contributed by atoms with Gasteiger partial charge in [0.25, 0.3) is 5.69 Å². The molecule has 0 saturated carbocycles. The Morgan fingerprint density at radius 3 is 2.67 bits per heavy atom. The van der Waals surface area contributed by atoms with E-state index in [1.807, 2.05) is 30.3 Å². The third kappa shape index (κ3) is 3.51. The summed E-state index contributed by atoms with van der Waals surface area (Å²) in [5.74, 6) is 0.767. The van der Waals surface area contributed by atoms with E-state index in [9.17, 15) is 10.1 Å². The van der Waals surface area contributed by atoms with E-state index in [1.54, 1.807) is 13.1 Å². The predicted octanol–water partition coefficient (Wildman–Crippen LogP) is 3.78.